The zero-order valence-electron chi connectivity index (χ0n) is 13.5. The summed E-state index contributed by atoms with van der Waals surface area (Å²) < 4.78 is 19.1. The second kappa shape index (κ2) is 6.57. The van der Waals surface area contributed by atoms with Gasteiger partial charge in [0.1, 0.15) is 5.82 Å². The molecule has 0 aromatic heterocycles. The standard InChI is InChI=1S/C18H24FNO3/c1-20(12-16(21)13-5-6-13)17(22)18(7-9-23-10-8-18)14-3-2-4-15(19)11-14/h2-4,11,13,16,21H,5-10,12H2,1H3. The highest BCUT2D eigenvalue weighted by atomic mass is 19.1. The quantitative estimate of drug-likeness (QED) is 0.903. The molecule has 1 heterocycles. The summed E-state index contributed by atoms with van der Waals surface area (Å²) in [5.41, 5.74) is -0.0446. The normalized spacial score (nSPS) is 21.7. The Bertz CT molecular complexity index is 567. The van der Waals surface area contributed by atoms with Crippen LogP contribution in [0.1, 0.15) is 31.2 Å². The monoisotopic (exact) mass is 321 g/mol. The summed E-state index contributed by atoms with van der Waals surface area (Å²) in [4.78, 5) is 14.8. The zero-order chi connectivity index (χ0) is 16.4. The van der Waals surface area contributed by atoms with E-state index < -0.39 is 11.5 Å². The molecule has 1 aliphatic carbocycles. The van der Waals surface area contributed by atoms with Gasteiger partial charge in [0.2, 0.25) is 5.91 Å². The van der Waals surface area contributed by atoms with Crippen LogP contribution in [0.15, 0.2) is 24.3 Å². The minimum absolute atomic E-state index is 0.0499. The minimum Gasteiger partial charge on any atom is -0.391 e. The van der Waals surface area contributed by atoms with Gasteiger partial charge in [-0.3, -0.25) is 4.79 Å². The zero-order valence-corrected chi connectivity index (χ0v) is 13.5. The Hall–Kier alpha value is -1.46. The average molecular weight is 321 g/mol. The summed E-state index contributed by atoms with van der Waals surface area (Å²) in [5.74, 6) is -0.0574. The van der Waals surface area contributed by atoms with Crippen molar-refractivity contribution in [3.05, 3.63) is 35.6 Å². The number of hydrogen-bond donors (Lipinski definition) is 1. The summed E-state index contributed by atoms with van der Waals surface area (Å²) in [7, 11) is 1.73. The van der Waals surface area contributed by atoms with Crippen LogP contribution in [0.5, 0.6) is 0 Å². The van der Waals surface area contributed by atoms with Crippen molar-refractivity contribution < 1.29 is 19.0 Å². The van der Waals surface area contributed by atoms with Gasteiger partial charge in [-0.05, 0) is 49.3 Å². The number of aliphatic hydroxyl groups is 1. The van der Waals surface area contributed by atoms with Crippen molar-refractivity contribution in [2.75, 3.05) is 26.8 Å². The lowest BCUT2D eigenvalue weighted by Gasteiger charge is -2.39. The molecule has 1 N–H and O–H groups in total. The molecule has 0 spiro atoms. The van der Waals surface area contributed by atoms with Crippen LogP contribution in [-0.2, 0) is 14.9 Å². The number of amides is 1. The van der Waals surface area contributed by atoms with E-state index in [-0.39, 0.29) is 11.7 Å². The Morgan fingerprint density at radius 2 is 2.13 bits per heavy atom. The maximum atomic E-state index is 13.7. The third-order valence-corrected chi connectivity index (χ3v) is 5.11. The number of benzene rings is 1. The van der Waals surface area contributed by atoms with E-state index in [0.29, 0.717) is 44.1 Å². The van der Waals surface area contributed by atoms with Crippen LogP contribution in [0.2, 0.25) is 0 Å². The van der Waals surface area contributed by atoms with E-state index in [1.807, 2.05) is 6.07 Å². The Morgan fingerprint density at radius 3 is 2.74 bits per heavy atom. The fourth-order valence-electron chi connectivity index (χ4n) is 3.49. The van der Waals surface area contributed by atoms with Crippen molar-refractivity contribution in [3.8, 4) is 0 Å². The van der Waals surface area contributed by atoms with Gasteiger partial charge in [0.05, 0.1) is 11.5 Å². The number of rotatable bonds is 5. The molecule has 2 aliphatic rings. The molecule has 4 nitrogen and oxygen atoms in total. The van der Waals surface area contributed by atoms with Gasteiger partial charge in [-0.2, -0.15) is 0 Å². The van der Waals surface area contributed by atoms with Crippen LogP contribution < -0.4 is 0 Å². The van der Waals surface area contributed by atoms with Gasteiger partial charge >= 0.3 is 0 Å². The Morgan fingerprint density at radius 1 is 1.43 bits per heavy atom. The fraction of sp³-hybridized carbons (Fsp3) is 0.611. The van der Waals surface area contributed by atoms with E-state index in [9.17, 15) is 14.3 Å². The third-order valence-electron chi connectivity index (χ3n) is 5.11. The molecule has 0 bridgehead atoms. The highest BCUT2D eigenvalue weighted by molar-refractivity contribution is 5.88. The number of ether oxygens (including phenoxy) is 1. The van der Waals surface area contributed by atoms with Crippen LogP contribution in [0, 0.1) is 11.7 Å². The highest BCUT2D eigenvalue weighted by Crippen LogP contribution is 2.38. The van der Waals surface area contributed by atoms with Crippen LogP contribution in [0.3, 0.4) is 0 Å². The molecular formula is C18H24FNO3. The van der Waals surface area contributed by atoms with E-state index in [2.05, 4.69) is 0 Å². The molecule has 1 unspecified atom stereocenters. The molecule has 3 rings (SSSR count). The maximum absolute atomic E-state index is 13.7. The number of likely N-dealkylation sites (N-methyl/N-ethyl adjacent to an activating group) is 1. The molecule has 126 valence electrons. The van der Waals surface area contributed by atoms with E-state index >= 15 is 0 Å². The molecule has 1 amide bonds. The first-order chi connectivity index (χ1) is 11.0. The smallest absolute Gasteiger partial charge is 0.233 e. The van der Waals surface area contributed by atoms with E-state index in [1.54, 1.807) is 18.0 Å². The highest BCUT2D eigenvalue weighted by Gasteiger charge is 2.44. The first-order valence-electron chi connectivity index (χ1n) is 8.30. The van der Waals surface area contributed by atoms with Crippen molar-refractivity contribution in [2.24, 2.45) is 5.92 Å². The fourth-order valence-corrected chi connectivity index (χ4v) is 3.49. The van der Waals surface area contributed by atoms with Gasteiger partial charge in [-0.25, -0.2) is 4.39 Å². The van der Waals surface area contributed by atoms with Crippen LogP contribution in [-0.4, -0.2) is 48.8 Å². The Kier molecular flexibility index (Phi) is 4.69. The first-order valence-corrected chi connectivity index (χ1v) is 8.30. The number of carbonyl (C=O) groups is 1. The predicted molar refractivity (Wildman–Crippen MR) is 84.5 cm³/mol. The van der Waals surface area contributed by atoms with Crippen molar-refractivity contribution >= 4 is 5.91 Å². The molecule has 1 atom stereocenters. The molecule has 2 fully saturated rings. The maximum Gasteiger partial charge on any atom is 0.233 e. The molecule has 1 aromatic carbocycles. The van der Waals surface area contributed by atoms with Crippen LogP contribution in [0.25, 0.3) is 0 Å². The predicted octanol–water partition coefficient (Wildman–Crippen LogP) is 2.10. The second-order valence-corrected chi connectivity index (χ2v) is 6.80. The van der Waals surface area contributed by atoms with Gasteiger partial charge in [0, 0.05) is 26.8 Å². The van der Waals surface area contributed by atoms with Gasteiger partial charge in [-0.1, -0.05) is 12.1 Å². The Balaban J connectivity index is 1.84. The van der Waals surface area contributed by atoms with Crippen LogP contribution in [0.4, 0.5) is 4.39 Å². The molecule has 1 saturated heterocycles. The number of hydrogen-bond acceptors (Lipinski definition) is 3. The second-order valence-electron chi connectivity index (χ2n) is 6.80. The number of carbonyl (C=O) groups excluding carboxylic acids is 1. The van der Waals surface area contributed by atoms with Crippen molar-refractivity contribution in [3.63, 3.8) is 0 Å². The Labute approximate surface area is 136 Å². The van der Waals surface area contributed by atoms with Crippen molar-refractivity contribution in [1.29, 1.82) is 0 Å². The van der Waals surface area contributed by atoms with E-state index in [0.717, 1.165) is 12.8 Å². The largest absolute Gasteiger partial charge is 0.391 e. The molecule has 5 heteroatoms. The van der Waals surface area contributed by atoms with Gasteiger partial charge in [0.25, 0.3) is 0 Å². The molecule has 1 aromatic rings. The van der Waals surface area contributed by atoms with Gasteiger partial charge < -0.3 is 14.7 Å². The molecule has 1 saturated carbocycles. The summed E-state index contributed by atoms with van der Waals surface area (Å²) in [6.07, 6.45) is 2.68. The SMILES string of the molecule is CN(CC(O)C1CC1)C(=O)C1(c2cccc(F)c2)CCOCC1. The lowest BCUT2D eigenvalue weighted by molar-refractivity contribution is -0.141. The number of halogens is 1. The van der Waals surface area contributed by atoms with Gasteiger partial charge in [0.15, 0.2) is 0 Å². The van der Waals surface area contributed by atoms with Gasteiger partial charge in [-0.15, -0.1) is 0 Å². The lowest BCUT2D eigenvalue weighted by Crippen LogP contribution is -2.50. The summed E-state index contributed by atoms with van der Waals surface area (Å²) in [6.45, 7) is 1.31. The lowest BCUT2D eigenvalue weighted by atomic mass is 9.73. The minimum atomic E-state index is -0.752. The number of nitrogens with zero attached hydrogens (tertiary/aromatic N) is 1. The van der Waals surface area contributed by atoms with Crippen molar-refractivity contribution in [2.45, 2.75) is 37.2 Å². The first kappa shape index (κ1) is 16.4. The van der Waals surface area contributed by atoms with E-state index in [4.69, 9.17) is 4.74 Å². The molecule has 23 heavy (non-hydrogen) atoms. The summed E-state index contributed by atoms with van der Waals surface area (Å²) in [5, 5.41) is 10.1. The molecule has 1 aliphatic heterocycles. The molecule has 0 radical (unpaired) electrons. The third kappa shape index (κ3) is 3.40. The van der Waals surface area contributed by atoms with E-state index in [1.165, 1.54) is 12.1 Å². The van der Waals surface area contributed by atoms with Crippen molar-refractivity contribution in [1.82, 2.24) is 4.90 Å². The van der Waals surface area contributed by atoms with Crippen LogP contribution >= 0.6 is 0 Å². The summed E-state index contributed by atoms with van der Waals surface area (Å²) in [6, 6.07) is 6.31. The number of aliphatic hydroxyl groups excluding tert-OH is 1. The topological polar surface area (TPSA) is 49.8 Å². The summed E-state index contributed by atoms with van der Waals surface area (Å²) >= 11 is 0. The molecular weight excluding hydrogens is 297 g/mol. The average Bonchev–Trinajstić information content (AvgIpc) is 3.39.